The molecule has 0 saturated carbocycles. The highest BCUT2D eigenvalue weighted by atomic mass is 32.1. The maximum atomic E-state index is 12.5. The van der Waals surface area contributed by atoms with Gasteiger partial charge in [0.1, 0.15) is 0 Å². The van der Waals surface area contributed by atoms with Gasteiger partial charge in [0, 0.05) is 9.75 Å². The predicted molar refractivity (Wildman–Crippen MR) is 82.8 cm³/mol. The highest BCUT2D eigenvalue weighted by Gasteiger charge is 2.22. The van der Waals surface area contributed by atoms with Crippen molar-refractivity contribution in [3.63, 3.8) is 0 Å². The molecule has 2 aromatic rings. The summed E-state index contributed by atoms with van der Waals surface area (Å²) in [5.41, 5.74) is 1.53. The average Bonchev–Trinajstić information content (AvgIpc) is 3.01. The Hall–Kier alpha value is -0.930. The van der Waals surface area contributed by atoms with Crippen molar-refractivity contribution in [1.82, 2.24) is 0 Å². The number of carbonyl (C=O) groups is 1. The van der Waals surface area contributed by atoms with Gasteiger partial charge in [0.05, 0.1) is 9.75 Å². The van der Waals surface area contributed by atoms with Gasteiger partial charge in [0.25, 0.3) is 0 Å². The second-order valence-corrected chi connectivity index (χ2v) is 8.38. The van der Waals surface area contributed by atoms with Crippen molar-refractivity contribution in [2.24, 2.45) is 0 Å². The number of fused-ring (bicyclic) bond motifs is 1. The van der Waals surface area contributed by atoms with Crippen molar-refractivity contribution in [2.75, 3.05) is 0 Å². The van der Waals surface area contributed by atoms with E-state index in [1.165, 1.54) is 21.7 Å². The number of thiophene rings is 2. The molecule has 2 heterocycles. The number of hydrogen-bond acceptors (Lipinski definition) is 3. The molecule has 0 radical (unpaired) electrons. The molecule has 0 fully saturated rings. The van der Waals surface area contributed by atoms with Gasteiger partial charge >= 0.3 is 0 Å². The molecule has 0 aliphatic heterocycles. The van der Waals surface area contributed by atoms with Crippen LogP contribution in [-0.2, 0) is 18.3 Å². The summed E-state index contributed by atoms with van der Waals surface area (Å²) in [7, 11) is 0. The highest BCUT2D eigenvalue weighted by Crippen LogP contribution is 2.34. The Morgan fingerprint density at radius 2 is 1.89 bits per heavy atom. The van der Waals surface area contributed by atoms with Crippen LogP contribution in [-0.4, -0.2) is 5.78 Å². The normalized spacial score (nSPS) is 14.7. The maximum Gasteiger partial charge on any atom is 0.212 e. The maximum absolute atomic E-state index is 12.5. The first-order chi connectivity index (χ1) is 8.95. The SMILES string of the molecule is CC(C)(C)c1ccc(C(=O)c2cc3c(s2)CCC3)s1. The van der Waals surface area contributed by atoms with E-state index in [-0.39, 0.29) is 11.2 Å². The van der Waals surface area contributed by atoms with E-state index >= 15 is 0 Å². The Labute approximate surface area is 122 Å². The summed E-state index contributed by atoms with van der Waals surface area (Å²) < 4.78 is 0. The molecule has 1 nitrogen and oxygen atoms in total. The summed E-state index contributed by atoms with van der Waals surface area (Å²) in [6.45, 7) is 6.56. The first-order valence-electron chi connectivity index (χ1n) is 6.72. The smallest absolute Gasteiger partial charge is 0.212 e. The molecule has 0 spiro atoms. The average molecular weight is 290 g/mol. The van der Waals surface area contributed by atoms with Gasteiger partial charge in [-0.15, -0.1) is 22.7 Å². The minimum absolute atomic E-state index is 0.125. The lowest BCUT2D eigenvalue weighted by Crippen LogP contribution is -2.07. The van der Waals surface area contributed by atoms with Crippen molar-refractivity contribution < 1.29 is 4.79 Å². The van der Waals surface area contributed by atoms with E-state index in [1.54, 1.807) is 22.7 Å². The van der Waals surface area contributed by atoms with Gasteiger partial charge in [-0.2, -0.15) is 0 Å². The molecule has 0 atom stereocenters. The lowest BCUT2D eigenvalue weighted by Gasteiger charge is -2.15. The van der Waals surface area contributed by atoms with Gasteiger partial charge in [-0.25, -0.2) is 0 Å². The Morgan fingerprint density at radius 3 is 2.53 bits per heavy atom. The summed E-state index contributed by atoms with van der Waals surface area (Å²) in [5.74, 6) is 0.208. The number of rotatable bonds is 2. The Morgan fingerprint density at radius 1 is 1.11 bits per heavy atom. The lowest BCUT2D eigenvalue weighted by atomic mass is 9.95. The van der Waals surface area contributed by atoms with Crippen LogP contribution in [0.5, 0.6) is 0 Å². The van der Waals surface area contributed by atoms with Gasteiger partial charge in [-0.1, -0.05) is 20.8 Å². The van der Waals surface area contributed by atoms with E-state index in [9.17, 15) is 4.79 Å². The first-order valence-corrected chi connectivity index (χ1v) is 8.35. The van der Waals surface area contributed by atoms with Gasteiger partial charge in [-0.05, 0) is 48.4 Å². The van der Waals surface area contributed by atoms with Crippen LogP contribution in [0.1, 0.15) is 57.1 Å². The van der Waals surface area contributed by atoms with Crippen molar-refractivity contribution >= 4 is 28.5 Å². The van der Waals surface area contributed by atoms with Crippen LogP contribution in [0.2, 0.25) is 0 Å². The number of ketones is 1. The van der Waals surface area contributed by atoms with Gasteiger partial charge in [0.2, 0.25) is 5.78 Å². The fourth-order valence-corrected chi connectivity index (χ4v) is 4.72. The lowest BCUT2D eigenvalue weighted by molar-refractivity contribution is 0.104. The van der Waals surface area contributed by atoms with E-state index in [4.69, 9.17) is 0 Å². The molecule has 2 aromatic heterocycles. The van der Waals surface area contributed by atoms with E-state index in [1.807, 2.05) is 6.07 Å². The third-order valence-electron chi connectivity index (χ3n) is 3.54. The molecule has 0 N–H and O–H groups in total. The van der Waals surface area contributed by atoms with Gasteiger partial charge in [0.15, 0.2) is 0 Å². The Balaban J connectivity index is 1.89. The van der Waals surface area contributed by atoms with Crippen molar-refractivity contribution in [1.29, 1.82) is 0 Å². The molecule has 19 heavy (non-hydrogen) atoms. The summed E-state index contributed by atoms with van der Waals surface area (Å²) in [4.78, 5) is 17.0. The molecule has 0 unspecified atom stereocenters. The first kappa shape index (κ1) is 13.1. The summed E-state index contributed by atoms with van der Waals surface area (Å²) >= 11 is 3.34. The fraction of sp³-hybridized carbons (Fsp3) is 0.438. The number of hydrogen-bond donors (Lipinski definition) is 0. The quantitative estimate of drug-likeness (QED) is 0.724. The van der Waals surface area contributed by atoms with E-state index in [0.717, 1.165) is 22.6 Å². The second kappa shape index (κ2) is 4.57. The van der Waals surface area contributed by atoms with E-state index in [0.29, 0.717) is 0 Å². The molecule has 1 aliphatic carbocycles. The molecule has 1 aliphatic rings. The Bertz CT molecular complexity index is 604. The number of aryl methyl sites for hydroxylation is 2. The third kappa shape index (κ3) is 2.41. The monoisotopic (exact) mass is 290 g/mol. The molecule has 3 heteroatoms. The van der Waals surface area contributed by atoms with Crippen LogP contribution in [0.15, 0.2) is 18.2 Å². The summed E-state index contributed by atoms with van der Waals surface area (Å²) in [6.07, 6.45) is 3.56. The molecule has 0 saturated heterocycles. The molecular weight excluding hydrogens is 272 g/mol. The fourth-order valence-electron chi connectivity index (χ4n) is 2.43. The molecule has 3 rings (SSSR count). The van der Waals surface area contributed by atoms with Gasteiger partial charge < -0.3 is 0 Å². The summed E-state index contributed by atoms with van der Waals surface area (Å²) in [5, 5.41) is 0. The third-order valence-corrected chi connectivity index (χ3v) is 6.29. The largest absolute Gasteiger partial charge is 0.287 e. The van der Waals surface area contributed by atoms with Crippen molar-refractivity contribution in [3.05, 3.63) is 43.3 Å². The highest BCUT2D eigenvalue weighted by molar-refractivity contribution is 7.17. The molecule has 0 amide bonds. The van der Waals surface area contributed by atoms with Crippen LogP contribution in [0, 0.1) is 0 Å². The molecule has 100 valence electrons. The van der Waals surface area contributed by atoms with Crippen LogP contribution in [0.4, 0.5) is 0 Å². The molecule has 0 bridgehead atoms. The Kier molecular flexibility index (Phi) is 3.14. The summed E-state index contributed by atoms with van der Waals surface area (Å²) in [6, 6.07) is 6.20. The molecular formula is C16H18OS2. The minimum Gasteiger partial charge on any atom is -0.287 e. The van der Waals surface area contributed by atoms with Crippen molar-refractivity contribution in [3.8, 4) is 0 Å². The predicted octanol–water partition coefficient (Wildman–Crippen LogP) is 4.83. The van der Waals surface area contributed by atoms with E-state index < -0.39 is 0 Å². The number of carbonyl (C=O) groups excluding carboxylic acids is 1. The standard InChI is InChI=1S/C16H18OS2/c1-16(2,3)14-8-7-12(19-14)15(17)13-9-10-5-4-6-11(10)18-13/h7-9H,4-6H2,1-3H3. The van der Waals surface area contributed by atoms with Gasteiger partial charge in [-0.3, -0.25) is 4.79 Å². The minimum atomic E-state index is 0.125. The topological polar surface area (TPSA) is 17.1 Å². The zero-order valence-electron chi connectivity index (χ0n) is 11.6. The van der Waals surface area contributed by atoms with Crippen molar-refractivity contribution in [2.45, 2.75) is 45.4 Å². The second-order valence-electron chi connectivity index (χ2n) is 6.16. The zero-order valence-corrected chi connectivity index (χ0v) is 13.2. The van der Waals surface area contributed by atoms with Crippen LogP contribution in [0.3, 0.4) is 0 Å². The zero-order chi connectivity index (χ0) is 13.6. The molecule has 0 aromatic carbocycles. The van der Waals surface area contributed by atoms with Crippen LogP contribution >= 0.6 is 22.7 Å². The van der Waals surface area contributed by atoms with Crippen LogP contribution in [0.25, 0.3) is 0 Å². The van der Waals surface area contributed by atoms with Crippen LogP contribution < -0.4 is 0 Å². The van der Waals surface area contributed by atoms with E-state index in [2.05, 4.69) is 32.9 Å².